The lowest BCUT2D eigenvalue weighted by atomic mass is 9.95. The maximum atomic E-state index is 11.8. The predicted octanol–water partition coefficient (Wildman–Crippen LogP) is 2.20. The van der Waals surface area contributed by atoms with Gasteiger partial charge < -0.3 is 10.6 Å². The van der Waals surface area contributed by atoms with Gasteiger partial charge in [-0.05, 0) is 17.7 Å². The number of amides is 2. The lowest BCUT2D eigenvalue weighted by Gasteiger charge is -2.17. The highest BCUT2D eigenvalue weighted by atomic mass is 16.2. The number of nitrogens with zero attached hydrogens (tertiary/aromatic N) is 1. The maximum absolute atomic E-state index is 11.8. The molecular formula is C15H19N3O2. The summed E-state index contributed by atoms with van der Waals surface area (Å²) in [5.41, 5.74) is 1.19. The molecule has 1 rings (SSSR count). The average molecular weight is 273 g/mol. The molecule has 0 spiro atoms. The van der Waals surface area contributed by atoms with E-state index in [1.54, 1.807) is 18.2 Å². The van der Waals surface area contributed by atoms with E-state index in [0.717, 1.165) is 11.3 Å². The summed E-state index contributed by atoms with van der Waals surface area (Å²) in [4.78, 5) is 23.0. The van der Waals surface area contributed by atoms with Gasteiger partial charge in [0.25, 0.3) is 0 Å². The van der Waals surface area contributed by atoms with Crippen molar-refractivity contribution < 1.29 is 9.59 Å². The van der Waals surface area contributed by atoms with E-state index < -0.39 is 5.41 Å². The molecule has 1 aromatic carbocycles. The SMILES string of the molecule is CC(C)(C)C(=O)Nc1ccc(CNC(=O)CC#N)cc1. The minimum Gasteiger partial charge on any atom is -0.351 e. The van der Waals surface area contributed by atoms with Crippen LogP contribution in [0.3, 0.4) is 0 Å². The highest BCUT2D eigenvalue weighted by Gasteiger charge is 2.20. The van der Waals surface area contributed by atoms with E-state index in [-0.39, 0.29) is 18.2 Å². The summed E-state index contributed by atoms with van der Waals surface area (Å²) in [6.07, 6.45) is -0.139. The van der Waals surface area contributed by atoms with Crippen molar-refractivity contribution in [3.8, 4) is 6.07 Å². The van der Waals surface area contributed by atoms with E-state index in [1.165, 1.54) is 0 Å². The molecule has 5 heteroatoms. The number of rotatable bonds is 4. The van der Waals surface area contributed by atoms with E-state index in [9.17, 15) is 9.59 Å². The zero-order chi connectivity index (χ0) is 15.2. The number of hydrogen-bond acceptors (Lipinski definition) is 3. The average Bonchev–Trinajstić information content (AvgIpc) is 2.37. The van der Waals surface area contributed by atoms with Gasteiger partial charge in [0.05, 0.1) is 6.07 Å². The normalized spacial score (nSPS) is 10.5. The van der Waals surface area contributed by atoms with E-state index in [0.29, 0.717) is 6.54 Å². The van der Waals surface area contributed by atoms with Crippen molar-refractivity contribution >= 4 is 17.5 Å². The zero-order valence-electron chi connectivity index (χ0n) is 12.0. The quantitative estimate of drug-likeness (QED) is 0.882. The van der Waals surface area contributed by atoms with Crippen LogP contribution in [0, 0.1) is 16.7 Å². The topological polar surface area (TPSA) is 82.0 Å². The van der Waals surface area contributed by atoms with Gasteiger partial charge in [-0.25, -0.2) is 0 Å². The standard InChI is InChI=1S/C15H19N3O2/c1-15(2,3)14(20)18-12-6-4-11(5-7-12)10-17-13(19)8-9-16/h4-7H,8,10H2,1-3H3,(H,17,19)(H,18,20). The molecule has 0 bridgehead atoms. The van der Waals surface area contributed by atoms with Crippen LogP contribution in [0.2, 0.25) is 0 Å². The molecule has 0 saturated heterocycles. The van der Waals surface area contributed by atoms with Crippen molar-refractivity contribution in [1.82, 2.24) is 5.32 Å². The van der Waals surface area contributed by atoms with Gasteiger partial charge in [0.15, 0.2) is 0 Å². The third kappa shape index (κ3) is 5.11. The summed E-state index contributed by atoms with van der Waals surface area (Å²) in [6.45, 7) is 5.91. The summed E-state index contributed by atoms with van der Waals surface area (Å²) in [6, 6.07) is 9.01. The first-order chi connectivity index (χ1) is 9.32. The Hall–Kier alpha value is -2.35. The monoisotopic (exact) mass is 273 g/mol. The lowest BCUT2D eigenvalue weighted by Crippen LogP contribution is -2.27. The van der Waals surface area contributed by atoms with Crippen LogP contribution >= 0.6 is 0 Å². The molecular weight excluding hydrogens is 254 g/mol. The van der Waals surface area contributed by atoms with E-state index in [2.05, 4.69) is 10.6 Å². The summed E-state index contributed by atoms with van der Waals surface area (Å²) < 4.78 is 0. The van der Waals surface area contributed by atoms with Crippen LogP contribution in [0.15, 0.2) is 24.3 Å². The van der Waals surface area contributed by atoms with Gasteiger partial charge in [-0.3, -0.25) is 9.59 Å². The molecule has 0 saturated carbocycles. The Balaban J connectivity index is 2.55. The second-order valence-electron chi connectivity index (χ2n) is 5.51. The molecule has 106 valence electrons. The second-order valence-corrected chi connectivity index (χ2v) is 5.51. The van der Waals surface area contributed by atoms with Crippen LogP contribution < -0.4 is 10.6 Å². The van der Waals surface area contributed by atoms with Gasteiger partial charge in [-0.15, -0.1) is 0 Å². The van der Waals surface area contributed by atoms with Gasteiger partial charge in [0.1, 0.15) is 6.42 Å². The molecule has 0 aromatic heterocycles. The number of anilines is 1. The first-order valence-corrected chi connectivity index (χ1v) is 6.37. The molecule has 0 unspecified atom stereocenters. The number of nitriles is 1. The molecule has 0 radical (unpaired) electrons. The third-order valence-corrected chi connectivity index (χ3v) is 2.62. The Morgan fingerprint density at radius 3 is 2.30 bits per heavy atom. The van der Waals surface area contributed by atoms with E-state index in [4.69, 9.17) is 5.26 Å². The van der Waals surface area contributed by atoms with Crippen LogP contribution in [-0.4, -0.2) is 11.8 Å². The zero-order valence-corrected chi connectivity index (χ0v) is 12.0. The molecule has 0 aliphatic rings. The number of hydrogen-bond donors (Lipinski definition) is 2. The molecule has 0 fully saturated rings. The van der Waals surface area contributed by atoms with Gasteiger partial charge >= 0.3 is 0 Å². The van der Waals surface area contributed by atoms with Crippen LogP contribution in [-0.2, 0) is 16.1 Å². The van der Waals surface area contributed by atoms with Crippen molar-refractivity contribution in [2.45, 2.75) is 33.7 Å². The van der Waals surface area contributed by atoms with Crippen molar-refractivity contribution in [2.75, 3.05) is 5.32 Å². The highest BCUT2D eigenvalue weighted by molar-refractivity contribution is 5.94. The molecule has 1 aromatic rings. The molecule has 2 N–H and O–H groups in total. The predicted molar refractivity (Wildman–Crippen MR) is 76.6 cm³/mol. The van der Waals surface area contributed by atoms with Crippen molar-refractivity contribution in [3.63, 3.8) is 0 Å². The minimum absolute atomic E-state index is 0.0485. The molecule has 20 heavy (non-hydrogen) atoms. The smallest absolute Gasteiger partial charge is 0.234 e. The number of benzene rings is 1. The Labute approximate surface area is 119 Å². The Kier molecular flexibility index (Phi) is 5.27. The molecule has 2 amide bonds. The van der Waals surface area contributed by atoms with Crippen LogP contribution in [0.25, 0.3) is 0 Å². The van der Waals surface area contributed by atoms with E-state index in [1.807, 2.05) is 32.9 Å². The van der Waals surface area contributed by atoms with Crippen LogP contribution in [0.4, 0.5) is 5.69 Å². The fourth-order valence-corrected chi connectivity index (χ4v) is 1.36. The Morgan fingerprint density at radius 2 is 1.80 bits per heavy atom. The molecule has 0 heterocycles. The minimum atomic E-state index is -0.441. The summed E-state index contributed by atoms with van der Waals surface area (Å²) in [5, 5.41) is 13.8. The van der Waals surface area contributed by atoms with Gasteiger partial charge in [0.2, 0.25) is 11.8 Å². The van der Waals surface area contributed by atoms with Crippen molar-refractivity contribution in [3.05, 3.63) is 29.8 Å². The van der Waals surface area contributed by atoms with Crippen molar-refractivity contribution in [1.29, 1.82) is 5.26 Å². The fourth-order valence-electron chi connectivity index (χ4n) is 1.36. The largest absolute Gasteiger partial charge is 0.351 e. The second kappa shape index (κ2) is 6.71. The molecule has 0 atom stereocenters. The number of carbonyl (C=O) groups is 2. The Morgan fingerprint density at radius 1 is 1.20 bits per heavy atom. The summed E-state index contributed by atoms with van der Waals surface area (Å²) >= 11 is 0. The molecule has 0 aliphatic heterocycles. The van der Waals surface area contributed by atoms with Gasteiger partial charge in [0, 0.05) is 17.6 Å². The van der Waals surface area contributed by atoms with Crippen LogP contribution in [0.1, 0.15) is 32.8 Å². The third-order valence-electron chi connectivity index (χ3n) is 2.62. The number of nitrogens with one attached hydrogen (secondary N) is 2. The van der Waals surface area contributed by atoms with Gasteiger partial charge in [-0.2, -0.15) is 5.26 Å². The van der Waals surface area contributed by atoms with Crippen LogP contribution in [0.5, 0.6) is 0 Å². The molecule has 0 aliphatic carbocycles. The van der Waals surface area contributed by atoms with E-state index >= 15 is 0 Å². The first-order valence-electron chi connectivity index (χ1n) is 6.37. The van der Waals surface area contributed by atoms with Crippen molar-refractivity contribution in [2.24, 2.45) is 5.41 Å². The van der Waals surface area contributed by atoms with Gasteiger partial charge in [-0.1, -0.05) is 32.9 Å². The number of carbonyl (C=O) groups excluding carboxylic acids is 2. The lowest BCUT2D eigenvalue weighted by molar-refractivity contribution is -0.123. The summed E-state index contributed by atoms with van der Waals surface area (Å²) in [7, 11) is 0. The summed E-state index contributed by atoms with van der Waals surface area (Å²) in [5.74, 6) is -0.342. The maximum Gasteiger partial charge on any atom is 0.234 e. The highest BCUT2D eigenvalue weighted by Crippen LogP contribution is 2.17. The molecule has 5 nitrogen and oxygen atoms in total. The Bertz CT molecular complexity index is 522. The first kappa shape index (κ1) is 15.7. The fraction of sp³-hybridized carbons (Fsp3) is 0.400.